The third-order valence-corrected chi connectivity index (χ3v) is 21.5. The van der Waals surface area contributed by atoms with E-state index >= 15 is 0 Å². The van der Waals surface area contributed by atoms with Gasteiger partial charge in [0.25, 0.3) is 0 Å². The van der Waals surface area contributed by atoms with E-state index in [9.17, 15) is 0 Å². The first-order chi connectivity index (χ1) is 47.5. The summed E-state index contributed by atoms with van der Waals surface area (Å²) in [6.45, 7) is 11.9. The number of fused-ring (bicyclic) bond motifs is 14. The molecule has 0 amide bonds. The maximum Gasteiger partial charge on any atom is 0.0541 e. The highest BCUT2D eigenvalue weighted by molar-refractivity contribution is 6.22. The SMILES string of the molecule is Cc1ccc2c(-c3ccc4c(c3)C(C)(C)c3cc(N(c5ccccc5)c5ccc(-n6c7ccccc7c7ccccc76)cc5)ccc3-4)c3ccccc3c(-c3ccc4c(c3)C(C)(C)c3cc(N(c5ccccc5)c5ccc(-n6c7ccccc7c7ccccc76)cc5)ccc3-4)c2c1. The van der Waals surface area contributed by atoms with Crippen LogP contribution in [0.4, 0.5) is 34.1 Å². The van der Waals surface area contributed by atoms with Gasteiger partial charge in [-0.05, 0) is 229 Å². The van der Waals surface area contributed by atoms with Gasteiger partial charge in [0, 0.05) is 77.9 Å². The minimum atomic E-state index is -0.295. The number of rotatable bonds is 10. The summed E-state index contributed by atoms with van der Waals surface area (Å²) in [5, 5.41) is 10.1. The molecule has 0 unspecified atom stereocenters. The molecule has 4 heteroatoms. The molecule has 0 N–H and O–H groups in total. The Morgan fingerprint density at radius 3 is 0.928 bits per heavy atom. The Labute approximate surface area is 565 Å². The standard InChI is InChI=1S/C93H68N4/c1-59-36-49-80-81(54-59)91(61-38-51-71-73-53-48-69(58-85(73)93(4,5)83(71)56-61)95(63-24-10-7-11-25-63)65-41-45-67(46-42-65)97-88-34-20-16-28-76(88)77-29-17-21-35-89(77)97)79-31-13-12-30-78(79)90(80)60-37-50-70-72-52-47-68(57-84(72)92(2,3)82(70)55-60)94(62-22-8-6-9-23-62)64-39-43-66(44-40-64)96-86-32-18-14-26-74(86)75-27-15-19-33-87(75)96/h6-58H,1-5H3. The van der Waals surface area contributed by atoms with Crippen LogP contribution in [0.5, 0.6) is 0 Å². The van der Waals surface area contributed by atoms with Crippen LogP contribution in [-0.4, -0.2) is 9.13 Å². The van der Waals surface area contributed by atoms with Crippen molar-refractivity contribution in [3.8, 4) is 55.9 Å². The van der Waals surface area contributed by atoms with Crippen molar-refractivity contribution in [2.75, 3.05) is 9.80 Å². The lowest BCUT2D eigenvalue weighted by atomic mass is 9.79. The van der Waals surface area contributed by atoms with Crippen LogP contribution in [0.1, 0.15) is 55.5 Å². The Morgan fingerprint density at radius 2 is 0.536 bits per heavy atom. The number of hydrogen-bond acceptors (Lipinski definition) is 2. The van der Waals surface area contributed by atoms with Crippen LogP contribution < -0.4 is 9.80 Å². The molecule has 2 aromatic heterocycles. The predicted octanol–water partition coefficient (Wildman–Crippen LogP) is 25.4. The summed E-state index contributed by atoms with van der Waals surface area (Å²) in [7, 11) is 0. The second-order valence-corrected chi connectivity index (χ2v) is 27.7. The van der Waals surface area contributed by atoms with Gasteiger partial charge in [-0.1, -0.05) is 221 Å². The van der Waals surface area contributed by atoms with Crippen LogP contribution in [0.3, 0.4) is 0 Å². The van der Waals surface area contributed by atoms with E-state index in [1.807, 2.05) is 0 Å². The van der Waals surface area contributed by atoms with Crippen LogP contribution >= 0.6 is 0 Å². The lowest BCUT2D eigenvalue weighted by Crippen LogP contribution is -2.16. The molecule has 0 spiro atoms. The fourth-order valence-corrected chi connectivity index (χ4v) is 16.9. The van der Waals surface area contributed by atoms with Gasteiger partial charge in [-0.3, -0.25) is 0 Å². The summed E-state index contributed by atoms with van der Waals surface area (Å²) in [5.41, 5.74) is 30.0. The third kappa shape index (κ3) is 8.62. The molecule has 0 fully saturated rings. The van der Waals surface area contributed by atoms with Crippen molar-refractivity contribution in [3.63, 3.8) is 0 Å². The Morgan fingerprint density at radius 1 is 0.237 bits per heavy atom. The van der Waals surface area contributed by atoms with Crippen molar-refractivity contribution in [2.45, 2.75) is 45.4 Å². The van der Waals surface area contributed by atoms with Crippen LogP contribution in [0, 0.1) is 6.92 Å². The van der Waals surface area contributed by atoms with Gasteiger partial charge in [-0.25, -0.2) is 0 Å². The average Bonchev–Trinajstić information content (AvgIpc) is 1.68. The van der Waals surface area contributed by atoms with Crippen molar-refractivity contribution in [1.29, 1.82) is 0 Å². The molecule has 0 saturated heterocycles. The topological polar surface area (TPSA) is 16.3 Å². The molecule has 0 aliphatic heterocycles. The van der Waals surface area contributed by atoms with Gasteiger partial charge in [0.05, 0.1) is 22.1 Å². The lowest BCUT2D eigenvalue weighted by molar-refractivity contribution is 0.660. The van der Waals surface area contributed by atoms with Gasteiger partial charge in [0.15, 0.2) is 0 Å². The van der Waals surface area contributed by atoms with Crippen LogP contribution in [0.15, 0.2) is 322 Å². The second-order valence-electron chi connectivity index (χ2n) is 27.7. The first kappa shape index (κ1) is 56.6. The van der Waals surface area contributed by atoms with Crippen molar-refractivity contribution in [3.05, 3.63) is 349 Å². The van der Waals surface area contributed by atoms with Crippen LogP contribution in [0.2, 0.25) is 0 Å². The van der Waals surface area contributed by atoms with Crippen molar-refractivity contribution in [1.82, 2.24) is 9.13 Å². The van der Waals surface area contributed by atoms with Crippen LogP contribution in [-0.2, 0) is 10.8 Å². The van der Waals surface area contributed by atoms with Crippen molar-refractivity contribution < 1.29 is 0 Å². The molecule has 2 aliphatic rings. The quantitative estimate of drug-likeness (QED) is 0.127. The van der Waals surface area contributed by atoms with Crippen molar-refractivity contribution in [2.24, 2.45) is 0 Å². The summed E-state index contributed by atoms with van der Waals surface area (Å²) in [6, 6.07) is 120. The number of hydrogen-bond donors (Lipinski definition) is 0. The maximum absolute atomic E-state index is 2.52. The van der Waals surface area contributed by atoms with Gasteiger partial charge in [-0.2, -0.15) is 0 Å². The number of para-hydroxylation sites is 6. The van der Waals surface area contributed by atoms with E-state index < -0.39 is 0 Å². The smallest absolute Gasteiger partial charge is 0.0541 e. The Hall–Kier alpha value is -12.0. The minimum Gasteiger partial charge on any atom is -0.310 e. The highest BCUT2D eigenvalue weighted by Crippen LogP contribution is 2.56. The van der Waals surface area contributed by atoms with Gasteiger partial charge in [0.1, 0.15) is 0 Å². The van der Waals surface area contributed by atoms with Crippen LogP contribution in [0.25, 0.3) is 121 Å². The molecular weight excluding hydrogens is 1170 g/mol. The summed E-state index contributed by atoms with van der Waals surface area (Å²) in [6.07, 6.45) is 0. The molecule has 97 heavy (non-hydrogen) atoms. The van der Waals surface area contributed by atoms with E-state index in [2.05, 4.69) is 375 Å². The summed E-state index contributed by atoms with van der Waals surface area (Å²) >= 11 is 0. The van der Waals surface area contributed by atoms with E-state index in [4.69, 9.17) is 0 Å². The zero-order valence-corrected chi connectivity index (χ0v) is 54.9. The molecule has 0 bridgehead atoms. The van der Waals surface area contributed by atoms with E-state index in [1.165, 1.54) is 137 Å². The number of benzene rings is 15. The number of aryl methyl sites for hydroxylation is 1. The van der Waals surface area contributed by atoms with Gasteiger partial charge < -0.3 is 18.9 Å². The fraction of sp³-hybridized carbons (Fsp3) is 0.0753. The van der Waals surface area contributed by atoms with E-state index in [0.717, 1.165) is 45.5 Å². The largest absolute Gasteiger partial charge is 0.310 e. The molecule has 2 heterocycles. The van der Waals surface area contributed by atoms with Crippen molar-refractivity contribution >= 4 is 99.3 Å². The van der Waals surface area contributed by atoms with E-state index in [1.54, 1.807) is 0 Å². The molecule has 17 aromatic rings. The Kier molecular flexibility index (Phi) is 12.5. The third-order valence-electron chi connectivity index (χ3n) is 21.5. The van der Waals surface area contributed by atoms with Gasteiger partial charge >= 0.3 is 0 Å². The molecule has 0 saturated carbocycles. The molecule has 19 rings (SSSR count). The normalized spacial score (nSPS) is 13.4. The Balaban J connectivity index is 0.671. The molecule has 0 atom stereocenters. The first-order valence-corrected chi connectivity index (χ1v) is 34.0. The highest BCUT2D eigenvalue weighted by Gasteiger charge is 2.39. The number of nitrogens with zero attached hydrogens (tertiary/aromatic N) is 4. The molecule has 4 nitrogen and oxygen atoms in total. The predicted molar refractivity (Wildman–Crippen MR) is 410 cm³/mol. The first-order valence-electron chi connectivity index (χ1n) is 34.0. The highest BCUT2D eigenvalue weighted by atomic mass is 15.1. The minimum absolute atomic E-state index is 0.294. The number of anilines is 6. The van der Waals surface area contributed by atoms with E-state index in [-0.39, 0.29) is 10.8 Å². The van der Waals surface area contributed by atoms with E-state index in [0.29, 0.717) is 0 Å². The molecule has 2 aliphatic carbocycles. The Bertz CT molecular complexity index is 5960. The monoisotopic (exact) mass is 1240 g/mol. The summed E-state index contributed by atoms with van der Waals surface area (Å²) in [4.78, 5) is 4.82. The zero-order chi connectivity index (χ0) is 64.8. The lowest BCUT2D eigenvalue weighted by Gasteiger charge is -2.28. The molecule has 460 valence electrons. The molecular formula is C93H68N4. The average molecular weight is 1240 g/mol. The summed E-state index contributed by atoms with van der Waals surface area (Å²) in [5.74, 6) is 0. The zero-order valence-electron chi connectivity index (χ0n) is 54.9. The second kappa shape index (κ2) is 21.5. The maximum atomic E-state index is 2.52. The van der Waals surface area contributed by atoms with Gasteiger partial charge in [0.2, 0.25) is 0 Å². The molecule has 15 aromatic carbocycles. The number of aromatic nitrogens is 2. The fourth-order valence-electron chi connectivity index (χ4n) is 16.9. The van der Waals surface area contributed by atoms with Gasteiger partial charge in [-0.15, -0.1) is 0 Å². The summed E-state index contributed by atoms with van der Waals surface area (Å²) < 4.78 is 4.78. The molecule has 0 radical (unpaired) electrons.